The van der Waals surface area contributed by atoms with Crippen molar-refractivity contribution in [1.82, 2.24) is 29.5 Å². The quantitative estimate of drug-likeness (QED) is 0.502. The molecule has 3 aromatic rings. The molecule has 3 aromatic heterocycles. The summed E-state index contributed by atoms with van der Waals surface area (Å²) in [7, 11) is 1.36. The first-order chi connectivity index (χ1) is 17.4. The number of ether oxygens (including phenoxy) is 1. The van der Waals surface area contributed by atoms with Crippen LogP contribution in [-0.2, 0) is 22.5 Å². The van der Waals surface area contributed by atoms with E-state index in [4.69, 9.17) is 4.74 Å². The van der Waals surface area contributed by atoms with Crippen LogP contribution in [0.3, 0.4) is 0 Å². The Balaban J connectivity index is 1.20. The lowest BCUT2D eigenvalue weighted by atomic mass is 10.1. The normalized spacial score (nSPS) is 20.2. The number of carbonyl (C=O) groups is 2. The number of rotatable bonds is 5. The van der Waals surface area contributed by atoms with Gasteiger partial charge < -0.3 is 14.5 Å². The molecule has 0 aliphatic carbocycles. The van der Waals surface area contributed by atoms with Crippen molar-refractivity contribution in [2.45, 2.75) is 38.9 Å². The van der Waals surface area contributed by atoms with Gasteiger partial charge in [-0.05, 0) is 38.1 Å². The highest BCUT2D eigenvalue weighted by molar-refractivity contribution is 5.89. The van der Waals surface area contributed by atoms with Gasteiger partial charge in [0, 0.05) is 68.8 Å². The van der Waals surface area contributed by atoms with Gasteiger partial charge in [0.1, 0.15) is 5.82 Å². The summed E-state index contributed by atoms with van der Waals surface area (Å²) in [5.74, 6) is 1.34. The number of anilines is 1. The van der Waals surface area contributed by atoms with Gasteiger partial charge >= 0.3 is 5.97 Å². The lowest BCUT2D eigenvalue weighted by Crippen LogP contribution is -2.59. The third kappa shape index (κ3) is 4.81. The zero-order chi connectivity index (χ0) is 25.2. The van der Waals surface area contributed by atoms with Crippen LogP contribution in [-0.4, -0.2) is 86.8 Å². The average Bonchev–Trinajstić information content (AvgIpc) is 3.34. The number of piperazine rings is 1. The van der Waals surface area contributed by atoms with Crippen molar-refractivity contribution in [3.63, 3.8) is 0 Å². The topological polar surface area (TPSA) is 96.7 Å². The van der Waals surface area contributed by atoms with E-state index in [1.807, 2.05) is 35.4 Å². The molecule has 5 rings (SSSR count). The van der Waals surface area contributed by atoms with Gasteiger partial charge in [0.2, 0.25) is 5.91 Å². The zero-order valence-electron chi connectivity index (χ0n) is 20.9. The van der Waals surface area contributed by atoms with E-state index in [-0.39, 0.29) is 18.0 Å². The third-order valence-corrected chi connectivity index (χ3v) is 7.01. The molecule has 0 aromatic carbocycles. The monoisotopic (exact) mass is 489 g/mol. The van der Waals surface area contributed by atoms with Crippen molar-refractivity contribution >= 4 is 17.7 Å². The molecule has 2 atom stereocenters. The van der Waals surface area contributed by atoms with Crippen LogP contribution in [0.15, 0.2) is 48.9 Å². The number of hydrogen-bond acceptors (Lipinski definition) is 8. The minimum Gasteiger partial charge on any atom is -0.465 e. The Kier molecular flexibility index (Phi) is 6.69. The summed E-state index contributed by atoms with van der Waals surface area (Å²) >= 11 is 0. The minimum absolute atomic E-state index is 0.138. The van der Waals surface area contributed by atoms with Gasteiger partial charge in [-0.3, -0.25) is 9.69 Å². The van der Waals surface area contributed by atoms with Crippen molar-refractivity contribution < 1.29 is 14.3 Å². The molecule has 188 valence electrons. The van der Waals surface area contributed by atoms with Crippen molar-refractivity contribution in [2.75, 3.05) is 38.2 Å². The Morgan fingerprint density at radius 2 is 1.86 bits per heavy atom. The number of methoxy groups -OCH3 is 1. The summed E-state index contributed by atoms with van der Waals surface area (Å²) in [5, 5.41) is 4.68. The Morgan fingerprint density at radius 3 is 2.53 bits per heavy atom. The largest absolute Gasteiger partial charge is 0.465 e. The van der Waals surface area contributed by atoms with Crippen LogP contribution in [0, 0.1) is 0 Å². The van der Waals surface area contributed by atoms with E-state index >= 15 is 0 Å². The first-order valence-corrected chi connectivity index (χ1v) is 12.2. The second-order valence-corrected chi connectivity index (χ2v) is 9.47. The molecular formula is C26H31N7O3. The molecule has 1 saturated heterocycles. The summed E-state index contributed by atoms with van der Waals surface area (Å²) in [6.07, 6.45) is 6.03. The van der Waals surface area contributed by atoms with E-state index in [1.165, 1.54) is 7.11 Å². The molecular weight excluding hydrogens is 458 g/mol. The number of amides is 1. The van der Waals surface area contributed by atoms with Crippen molar-refractivity contribution in [2.24, 2.45) is 0 Å². The number of esters is 1. The van der Waals surface area contributed by atoms with Gasteiger partial charge in [0.15, 0.2) is 5.82 Å². The molecule has 2 aliphatic heterocycles. The van der Waals surface area contributed by atoms with Gasteiger partial charge in [-0.15, -0.1) is 0 Å². The predicted octanol–water partition coefficient (Wildman–Crippen LogP) is 1.93. The van der Waals surface area contributed by atoms with Gasteiger partial charge in [-0.25, -0.2) is 19.4 Å². The molecule has 0 radical (unpaired) electrons. The van der Waals surface area contributed by atoms with Crippen LogP contribution >= 0.6 is 0 Å². The smallest absolute Gasteiger partial charge is 0.339 e. The van der Waals surface area contributed by atoms with Crippen LogP contribution in [0.25, 0.3) is 5.82 Å². The molecule has 0 unspecified atom stereocenters. The minimum atomic E-state index is -0.395. The standard InChI is InChI=1S/C26H31N7O3/c1-18-13-31(23-8-7-20(12-28-23)26(35)36-3)14-19(2)32(18)17-25(34)30-11-9-22-21(15-30)16-33(29-22)24-6-4-5-10-27-24/h4-8,10,12,16,18-19H,9,11,13-15,17H2,1-3H3/t18-,19+. The summed E-state index contributed by atoms with van der Waals surface area (Å²) < 4.78 is 6.55. The highest BCUT2D eigenvalue weighted by Crippen LogP contribution is 2.23. The molecule has 0 N–H and O–H groups in total. The van der Waals surface area contributed by atoms with Gasteiger partial charge in [0.25, 0.3) is 0 Å². The molecule has 10 nitrogen and oxygen atoms in total. The Morgan fingerprint density at radius 1 is 1.06 bits per heavy atom. The van der Waals surface area contributed by atoms with Gasteiger partial charge in [-0.1, -0.05) is 6.07 Å². The number of fused-ring (bicyclic) bond motifs is 1. The molecule has 2 aliphatic rings. The van der Waals surface area contributed by atoms with Crippen LogP contribution in [0.4, 0.5) is 5.82 Å². The SMILES string of the molecule is COC(=O)c1ccc(N2C[C@@H](C)N(CC(=O)N3CCc4nn(-c5ccccn5)cc4C3)[C@@H](C)C2)nc1. The first kappa shape index (κ1) is 23.9. The molecule has 0 spiro atoms. The number of nitrogens with zero attached hydrogens (tertiary/aromatic N) is 7. The molecule has 10 heteroatoms. The molecule has 36 heavy (non-hydrogen) atoms. The van der Waals surface area contributed by atoms with Crippen molar-refractivity contribution in [3.05, 3.63) is 65.7 Å². The molecule has 5 heterocycles. The fourth-order valence-electron chi connectivity index (χ4n) is 5.06. The zero-order valence-corrected chi connectivity index (χ0v) is 20.9. The van der Waals surface area contributed by atoms with E-state index in [0.717, 1.165) is 42.4 Å². The molecule has 0 saturated carbocycles. The summed E-state index contributed by atoms with van der Waals surface area (Å²) in [6, 6.07) is 9.68. The fourth-order valence-corrected chi connectivity index (χ4v) is 5.06. The second-order valence-electron chi connectivity index (χ2n) is 9.47. The average molecular weight is 490 g/mol. The van der Waals surface area contributed by atoms with E-state index in [2.05, 4.69) is 38.7 Å². The first-order valence-electron chi connectivity index (χ1n) is 12.2. The highest BCUT2D eigenvalue weighted by atomic mass is 16.5. The van der Waals surface area contributed by atoms with Gasteiger partial charge in [-0.2, -0.15) is 5.10 Å². The van der Waals surface area contributed by atoms with Crippen molar-refractivity contribution in [1.29, 1.82) is 0 Å². The van der Waals surface area contributed by atoms with Crippen LogP contribution in [0.1, 0.15) is 35.5 Å². The highest BCUT2D eigenvalue weighted by Gasteiger charge is 2.33. The maximum atomic E-state index is 13.3. The van der Waals surface area contributed by atoms with Crippen LogP contribution in [0.5, 0.6) is 0 Å². The van der Waals surface area contributed by atoms with Crippen molar-refractivity contribution in [3.8, 4) is 5.82 Å². The molecule has 0 bridgehead atoms. The predicted molar refractivity (Wildman–Crippen MR) is 134 cm³/mol. The Bertz CT molecular complexity index is 1220. The second kappa shape index (κ2) is 10.1. The third-order valence-electron chi connectivity index (χ3n) is 7.01. The Labute approximate surface area is 210 Å². The van der Waals surface area contributed by atoms with E-state index in [9.17, 15) is 9.59 Å². The fraction of sp³-hybridized carbons (Fsp3) is 0.423. The summed E-state index contributed by atoms with van der Waals surface area (Å²) in [6.45, 7) is 7.42. The Hall–Kier alpha value is -3.79. The number of pyridine rings is 2. The van der Waals surface area contributed by atoms with E-state index < -0.39 is 5.97 Å². The number of carbonyl (C=O) groups excluding carboxylic acids is 2. The molecule has 1 amide bonds. The maximum absolute atomic E-state index is 13.3. The number of aromatic nitrogens is 4. The number of hydrogen-bond donors (Lipinski definition) is 0. The van der Waals surface area contributed by atoms with Crippen LogP contribution < -0.4 is 4.90 Å². The van der Waals surface area contributed by atoms with Gasteiger partial charge in [0.05, 0.1) is 24.9 Å². The van der Waals surface area contributed by atoms with Crippen LogP contribution in [0.2, 0.25) is 0 Å². The van der Waals surface area contributed by atoms with E-state index in [0.29, 0.717) is 25.2 Å². The summed E-state index contributed by atoms with van der Waals surface area (Å²) in [4.78, 5) is 40.2. The summed E-state index contributed by atoms with van der Waals surface area (Å²) in [5.41, 5.74) is 2.54. The lowest BCUT2D eigenvalue weighted by Gasteiger charge is -2.45. The van der Waals surface area contributed by atoms with E-state index in [1.54, 1.807) is 23.1 Å². The maximum Gasteiger partial charge on any atom is 0.339 e. The lowest BCUT2D eigenvalue weighted by molar-refractivity contribution is -0.134. The molecule has 1 fully saturated rings.